The first-order valence-corrected chi connectivity index (χ1v) is 11.7. The second-order valence-corrected chi connectivity index (χ2v) is 8.77. The summed E-state index contributed by atoms with van der Waals surface area (Å²) in [6.07, 6.45) is 0.953. The van der Waals surface area contributed by atoms with E-state index in [1.807, 2.05) is 48.5 Å². The fraction of sp³-hybridized carbons (Fsp3) is 0.241. The molecule has 0 aromatic heterocycles. The molecular formula is C29H28FNO3. The van der Waals surface area contributed by atoms with Gasteiger partial charge in [-0.2, -0.15) is 0 Å². The van der Waals surface area contributed by atoms with Gasteiger partial charge in [0.15, 0.2) is 0 Å². The molecule has 4 aromatic rings. The predicted octanol–water partition coefficient (Wildman–Crippen LogP) is 5.93. The molecule has 5 heteroatoms. The van der Waals surface area contributed by atoms with Crippen LogP contribution in [0.15, 0.2) is 84.9 Å². The Labute approximate surface area is 199 Å². The van der Waals surface area contributed by atoms with E-state index >= 15 is 0 Å². The summed E-state index contributed by atoms with van der Waals surface area (Å²) in [5.41, 5.74) is 3.05. The third-order valence-corrected chi connectivity index (χ3v) is 6.38. The molecular weight excluding hydrogens is 429 g/mol. The van der Waals surface area contributed by atoms with E-state index in [0.29, 0.717) is 13.2 Å². The van der Waals surface area contributed by atoms with Crippen LogP contribution in [-0.2, 0) is 18.0 Å². The molecule has 34 heavy (non-hydrogen) atoms. The van der Waals surface area contributed by atoms with Gasteiger partial charge in [-0.15, -0.1) is 0 Å². The summed E-state index contributed by atoms with van der Waals surface area (Å²) in [5, 5.41) is 15.3. The van der Waals surface area contributed by atoms with Crippen LogP contribution in [0.1, 0.15) is 29.0 Å². The molecule has 2 N–H and O–H groups in total. The zero-order chi connectivity index (χ0) is 23.3. The van der Waals surface area contributed by atoms with Gasteiger partial charge in [0.2, 0.25) is 0 Å². The number of phenols is 1. The van der Waals surface area contributed by atoms with Crippen molar-refractivity contribution >= 4 is 10.8 Å². The average molecular weight is 458 g/mol. The van der Waals surface area contributed by atoms with Crippen LogP contribution in [-0.4, -0.2) is 24.3 Å². The Hall–Kier alpha value is -3.41. The third kappa shape index (κ3) is 5.22. The van der Waals surface area contributed by atoms with Crippen molar-refractivity contribution in [3.8, 4) is 11.5 Å². The van der Waals surface area contributed by atoms with Crippen molar-refractivity contribution in [1.82, 2.24) is 5.32 Å². The lowest BCUT2D eigenvalue weighted by molar-refractivity contribution is 0.0106. The van der Waals surface area contributed by atoms with Gasteiger partial charge in [0, 0.05) is 17.8 Å². The van der Waals surface area contributed by atoms with Gasteiger partial charge in [0.25, 0.3) is 0 Å². The van der Waals surface area contributed by atoms with Crippen molar-refractivity contribution in [3.63, 3.8) is 0 Å². The summed E-state index contributed by atoms with van der Waals surface area (Å²) < 4.78 is 26.0. The highest BCUT2D eigenvalue weighted by Gasteiger charge is 2.27. The van der Waals surface area contributed by atoms with Crippen molar-refractivity contribution in [1.29, 1.82) is 0 Å². The number of hydrogen-bond donors (Lipinski definition) is 2. The number of halogens is 1. The van der Waals surface area contributed by atoms with Gasteiger partial charge in [-0.25, -0.2) is 4.39 Å². The van der Waals surface area contributed by atoms with Crippen molar-refractivity contribution in [2.45, 2.75) is 31.7 Å². The molecule has 0 spiro atoms. The van der Waals surface area contributed by atoms with E-state index in [9.17, 15) is 9.50 Å². The molecule has 0 radical (unpaired) electrons. The molecule has 174 valence electrons. The normalized spacial score (nSPS) is 18.1. The average Bonchev–Trinajstić information content (AvgIpc) is 2.87. The predicted molar refractivity (Wildman–Crippen MR) is 132 cm³/mol. The van der Waals surface area contributed by atoms with Crippen LogP contribution in [0, 0.1) is 5.82 Å². The largest absolute Gasteiger partial charge is 0.508 e. The minimum atomic E-state index is -0.218. The highest BCUT2D eigenvalue weighted by Crippen LogP contribution is 2.31. The minimum absolute atomic E-state index is 0.00217. The molecule has 1 aliphatic rings. The summed E-state index contributed by atoms with van der Waals surface area (Å²) in [6, 6.07) is 26.2. The molecule has 0 amide bonds. The number of piperidine rings is 1. The van der Waals surface area contributed by atoms with Gasteiger partial charge >= 0.3 is 0 Å². The second-order valence-electron chi connectivity index (χ2n) is 8.77. The SMILES string of the molecule is Oc1cccc(COc2cc(COC3CNCCC3c3ccc(F)cc3)cc3ccccc23)c1. The van der Waals surface area contributed by atoms with Gasteiger partial charge in [0.1, 0.15) is 23.9 Å². The Kier molecular flexibility index (Phi) is 6.74. The molecule has 2 atom stereocenters. The first kappa shape index (κ1) is 22.4. The summed E-state index contributed by atoms with van der Waals surface area (Å²) in [7, 11) is 0. The topological polar surface area (TPSA) is 50.7 Å². The number of aromatic hydroxyl groups is 1. The molecule has 2 unspecified atom stereocenters. The Balaban J connectivity index is 1.34. The first-order chi connectivity index (χ1) is 16.7. The van der Waals surface area contributed by atoms with Crippen LogP contribution >= 0.6 is 0 Å². The van der Waals surface area contributed by atoms with Crippen molar-refractivity contribution in [2.75, 3.05) is 13.1 Å². The lowest BCUT2D eigenvalue weighted by Gasteiger charge is -2.32. The molecule has 5 rings (SSSR count). The molecule has 4 nitrogen and oxygen atoms in total. The van der Waals surface area contributed by atoms with Crippen molar-refractivity contribution in [2.24, 2.45) is 0 Å². The lowest BCUT2D eigenvalue weighted by Crippen LogP contribution is -2.40. The summed E-state index contributed by atoms with van der Waals surface area (Å²) >= 11 is 0. The lowest BCUT2D eigenvalue weighted by atomic mass is 9.88. The number of fused-ring (bicyclic) bond motifs is 1. The highest BCUT2D eigenvalue weighted by atomic mass is 19.1. The van der Waals surface area contributed by atoms with Crippen LogP contribution in [0.2, 0.25) is 0 Å². The van der Waals surface area contributed by atoms with E-state index in [1.165, 1.54) is 12.1 Å². The van der Waals surface area contributed by atoms with Gasteiger partial charge < -0.3 is 19.9 Å². The molecule has 0 aliphatic carbocycles. The van der Waals surface area contributed by atoms with E-state index < -0.39 is 0 Å². The molecule has 1 saturated heterocycles. The van der Waals surface area contributed by atoms with Crippen LogP contribution in [0.25, 0.3) is 10.8 Å². The standard InChI is InChI=1S/C29H28FNO3/c30-24-10-8-22(9-11-24)27-12-13-31-17-29(27)34-19-21-14-23-5-1-2-7-26(23)28(16-21)33-18-20-4-3-6-25(32)15-20/h1-11,14-16,27,29,31-32H,12-13,17-19H2. The summed E-state index contributed by atoms with van der Waals surface area (Å²) in [6.45, 7) is 2.50. The molecule has 0 bridgehead atoms. The number of phenolic OH excluding ortho intramolecular Hbond substituents is 1. The van der Waals surface area contributed by atoms with E-state index in [-0.39, 0.29) is 23.6 Å². The van der Waals surface area contributed by atoms with Gasteiger partial charge in [-0.05, 0) is 71.4 Å². The maximum Gasteiger partial charge on any atom is 0.127 e. The Bertz CT molecular complexity index is 1260. The Morgan fingerprint density at radius 3 is 2.59 bits per heavy atom. The number of benzene rings is 4. The third-order valence-electron chi connectivity index (χ3n) is 6.38. The Morgan fingerprint density at radius 1 is 0.882 bits per heavy atom. The maximum atomic E-state index is 13.4. The zero-order valence-electron chi connectivity index (χ0n) is 18.9. The van der Waals surface area contributed by atoms with E-state index in [0.717, 1.165) is 52.7 Å². The number of hydrogen-bond acceptors (Lipinski definition) is 4. The van der Waals surface area contributed by atoms with Gasteiger partial charge in [-0.3, -0.25) is 0 Å². The zero-order valence-corrected chi connectivity index (χ0v) is 18.9. The van der Waals surface area contributed by atoms with Crippen molar-refractivity contribution in [3.05, 3.63) is 107 Å². The first-order valence-electron chi connectivity index (χ1n) is 11.7. The summed E-state index contributed by atoms with van der Waals surface area (Å²) in [4.78, 5) is 0. The van der Waals surface area contributed by atoms with E-state index in [1.54, 1.807) is 12.1 Å². The number of rotatable bonds is 7. The van der Waals surface area contributed by atoms with Crippen LogP contribution < -0.4 is 10.1 Å². The molecule has 1 fully saturated rings. The second kappa shape index (κ2) is 10.2. The minimum Gasteiger partial charge on any atom is -0.508 e. The van der Waals surface area contributed by atoms with Crippen LogP contribution in [0.4, 0.5) is 4.39 Å². The molecule has 0 saturated carbocycles. The molecule has 4 aromatic carbocycles. The number of nitrogens with one attached hydrogen (secondary N) is 1. The van der Waals surface area contributed by atoms with E-state index in [4.69, 9.17) is 9.47 Å². The maximum absolute atomic E-state index is 13.4. The fourth-order valence-corrected chi connectivity index (χ4v) is 4.64. The number of ether oxygens (including phenoxy) is 2. The van der Waals surface area contributed by atoms with Crippen LogP contribution in [0.5, 0.6) is 11.5 Å². The molecule has 1 aliphatic heterocycles. The van der Waals surface area contributed by atoms with Crippen molar-refractivity contribution < 1.29 is 19.0 Å². The van der Waals surface area contributed by atoms with Gasteiger partial charge in [0.05, 0.1) is 12.7 Å². The molecule has 1 heterocycles. The van der Waals surface area contributed by atoms with Crippen LogP contribution in [0.3, 0.4) is 0 Å². The monoisotopic (exact) mass is 457 g/mol. The van der Waals surface area contributed by atoms with Gasteiger partial charge in [-0.1, -0.05) is 48.5 Å². The quantitative estimate of drug-likeness (QED) is 0.361. The fourth-order valence-electron chi connectivity index (χ4n) is 4.64. The smallest absolute Gasteiger partial charge is 0.127 e. The Morgan fingerprint density at radius 2 is 1.74 bits per heavy atom. The highest BCUT2D eigenvalue weighted by molar-refractivity contribution is 5.89. The van der Waals surface area contributed by atoms with E-state index in [2.05, 4.69) is 17.4 Å². The summed E-state index contributed by atoms with van der Waals surface area (Å²) in [5.74, 6) is 1.02.